The van der Waals surface area contributed by atoms with Crippen molar-refractivity contribution in [3.63, 3.8) is 0 Å². The molecule has 1 N–H and O–H groups in total. The molecule has 2 unspecified atom stereocenters. The van der Waals surface area contributed by atoms with Gasteiger partial charge in [-0.2, -0.15) is 0 Å². The Labute approximate surface area is 268 Å². The predicted molar refractivity (Wildman–Crippen MR) is 180 cm³/mol. The summed E-state index contributed by atoms with van der Waals surface area (Å²) in [5.41, 5.74) is 4.88. The Morgan fingerprint density at radius 1 is 0.800 bits per heavy atom. The molecule has 7 nitrogen and oxygen atoms in total. The number of carbonyl (C=O) groups is 2. The molecule has 45 heavy (non-hydrogen) atoms. The van der Waals surface area contributed by atoms with Crippen LogP contribution in [0.3, 0.4) is 0 Å². The molecule has 236 valence electrons. The van der Waals surface area contributed by atoms with E-state index < -0.39 is 28.5 Å². The fourth-order valence-electron chi connectivity index (χ4n) is 5.31. The summed E-state index contributed by atoms with van der Waals surface area (Å²) in [5, 5.41) is 3.08. The van der Waals surface area contributed by atoms with Gasteiger partial charge in [-0.05, 0) is 86.2 Å². The van der Waals surface area contributed by atoms with Crippen LogP contribution >= 0.6 is 0 Å². The van der Waals surface area contributed by atoms with Crippen LogP contribution in [-0.4, -0.2) is 43.8 Å². The zero-order valence-electron chi connectivity index (χ0n) is 26.7. The van der Waals surface area contributed by atoms with Crippen LogP contribution in [0.2, 0.25) is 0 Å². The normalized spacial score (nSPS) is 12.6. The number of carbonyl (C=O) groups excluding carboxylic acids is 2. The number of benzene rings is 4. The van der Waals surface area contributed by atoms with E-state index in [4.69, 9.17) is 0 Å². The SMILES string of the molecule is CCC(C)NC(=O)C(Cc1ccccc1)N(Cc1ccccc1C)C(=O)CN(c1cc(C)cc(C)c1)S(=O)(=O)c1ccccc1. The van der Waals surface area contributed by atoms with E-state index in [9.17, 15) is 18.0 Å². The standard InChI is InChI=1S/C37H43N3O4S/c1-6-30(5)38-37(42)35(24-31-16-9-7-10-17-31)39(25-32-18-14-13-15-29(32)4)36(41)26-40(33-22-27(2)21-28(3)23-33)45(43,44)34-19-11-8-12-20-34/h7-23,30,35H,6,24-26H2,1-5H3,(H,38,42). The number of sulfonamides is 1. The molecule has 0 spiro atoms. The summed E-state index contributed by atoms with van der Waals surface area (Å²) in [5.74, 6) is -0.754. The molecule has 2 amide bonds. The van der Waals surface area contributed by atoms with Crippen LogP contribution in [0.4, 0.5) is 5.69 Å². The van der Waals surface area contributed by atoms with Crippen LogP contribution < -0.4 is 9.62 Å². The van der Waals surface area contributed by atoms with E-state index in [0.717, 1.165) is 34.2 Å². The van der Waals surface area contributed by atoms with Gasteiger partial charge in [0, 0.05) is 19.0 Å². The fraction of sp³-hybridized carbons (Fsp3) is 0.297. The molecule has 4 aromatic rings. The van der Waals surface area contributed by atoms with Gasteiger partial charge in [0.1, 0.15) is 12.6 Å². The highest BCUT2D eigenvalue weighted by molar-refractivity contribution is 7.92. The molecule has 0 radical (unpaired) electrons. The molecule has 4 aromatic carbocycles. The van der Waals surface area contributed by atoms with Gasteiger partial charge in [0.25, 0.3) is 10.0 Å². The lowest BCUT2D eigenvalue weighted by atomic mass is 10.0. The first-order valence-corrected chi connectivity index (χ1v) is 16.8. The van der Waals surface area contributed by atoms with Crippen LogP contribution in [0.5, 0.6) is 0 Å². The van der Waals surface area contributed by atoms with E-state index in [-0.39, 0.29) is 29.8 Å². The van der Waals surface area contributed by atoms with Crippen LogP contribution in [0, 0.1) is 20.8 Å². The number of hydrogen-bond acceptors (Lipinski definition) is 4. The molecule has 0 heterocycles. The number of nitrogens with one attached hydrogen (secondary N) is 1. The summed E-state index contributed by atoms with van der Waals surface area (Å²) >= 11 is 0. The zero-order valence-corrected chi connectivity index (χ0v) is 27.6. The second-order valence-electron chi connectivity index (χ2n) is 11.6. The lowest BCUT2D eigenvalue weighted by molar-refractivity contribution is -0.140. The quantitative estimate of drug-likeness (QED) is 0.187. The summed E-state index contributed by atoms with van der Waals surface area (Å²) in [4.78, 5) is 30.2. The Bertz CT molecular complexity index is 1690. The first kappa shape index (κ1) is 33.5. The Hall–Kier alpha value is -4.43. The number of rotatable bonds is 13. The second kappa shape index (κ2) is 15.0. The first-order chi connectivity index (χ1) is 21.5. The van der Waals surface area contributed by atoms with Crippen LogP contribution in [0.1, 0.15) is 48.1 Å². The minimum Gasteiger partial charge on any atom is -0.352 e. The maximum atomic E-state index is 14.6. The van der Waals surface area contributed by atoms with Crippen molar-refractivity contribution in [1.29, 1.82) is 0 Å². The van der Waals surface area contributed by atoms with E-state index >= 15 is 0 Å². The van der Waals surface area contributed by atoms with Crippen molar-refractivity contribution in [3.8, 4) is 0 Å². The highest BCUT2D eigenvalue weighted by Gasteiger charge is 2.35. The lowest BCUT2D eigenvalue weighted by Gasteiger charge is -2.34. The summed E-state index contributed by atoms with van der Waals surface area (Å²) in [7, 11) is -4.14. The topological polar surface area (TPSA) is 86.8 Å². The van der Waals surface area contributed by atoms with E-state index in [1.165, 1.54) is 16.4 Å². The van der Waals surface area contributed by atoms with Gasteiger partial charge in [-0.3, -0.25) is 13.9 Å². The highest BCUT2D eigenvalue weighted by Crippen LogP contribution is 2.27. The van der Waals surface area contributed by atoms with E-state index in [1.807, 2.05) is 95.3 Å². The van der Waals surface area contributed by atoms with Gasteiger partial charge < -0.3 is 10.2 Å². The van der Waals surface area contributed by atoms with E-state index in [0.29, 0.717) is 5.69 Å². The third kappa shape index (κ3) is 8.60. The van der Waals surface area contributed by atoms with Crippen LogP contribution in [-0.2, 0) is 32.6 Å². The van der Waals surface area contributed by atoms with Crippen molar-refractivity contribution in [2.24, 2.45) is 0 Å². The van der Waals surface area contributed by atoms with Crippen molar-refractivity contribution < 1.29 is 18.0 Å². The zero-order chi connectivity index (χ0) is 32.6. The Kier molecular flexibility index (Phi) is 11.2. The predicted octanol–water partition coefficient (Wildman–Crippen LogP) is 6.36. The number of nitrogens with zero attached hydrogens (tertiary/aromatic N) is 2. The van der Waals surface area contributed by atoms with Gasteiger partial charge >= 0.3 is 0 Å². The Balaban J connectivity index is 1.83. The van der Waals surface area contributed by atoms with Crippen molar-refractivity contribution >= 4 is 27.5 Å². The average Bonchev–Trinajstić information content (AvgIpc) is 3.02. The number of anilines is 1. The number of hydrogen-bond donors (Lipinski definition) is 1. The monoisotopic (exact) mass is 625 g/mol. The molecule has 0 aliphatic carbocycles. The van der Waals surface area contributed by atoms with E-state index in [1.54, 1.807) is 35.2 Å². The third-order valence-corrected chi connectivity index (χ3v) is 9.77. The van der Waals surface area contributed by atoms with Gasteiger partial charge in [0.05, 0.1) is 10.6 Å². The minimum atomic E-state index is -4.14. The number of amides is 2. The maximum Gasteiger partial charge on any atom is 0.264 e. The van der Waals surface area contributed by atoms with Crippen molar-refractivity contribution in [2.75, 3.05) is 10.8 Å². The summed E-state index contributed by atoms with van der Waals surface area (Å²) < 4.78 is 29.5. The van der Waals surface area contributed by atoms with Gasteiger partial charge in [0.2, 0.25) is 11.8 Å². The third-order valence-electron chi connectivity index (χ3n) is 7.98. The van der Waals surface area contributed by atoms with Crippen LogP contribution in [0.25, 0.3) is 0 Å². The van der Waals surface area contributed by atoms with Crippen LogP contribution in [0.15, 0.2) is 108 Å². The molecule has 4 rings (SSSR count). The van der Waals surface area contributed by atoms with Crippen molar-refractivity contribution in [2.45, 2.75) is 71.0 Å². The first-order valence-electron chi connectivity index (χ1n) is 15.3. The molecule has 0 aromatic heterocycles. The van der Waals surface area contributed by atoms with Gasteiger partial charge in [-0.1, -0.05) is 85.8 Å². The number of aryl methyl sites for hydroxylation is 3. The van der Waals surface area contributed by atoms with Crippen molar-refractivity contribution in [3.05, 3.63) is 131 Å². The molecule has 0 aliphatic heterocycles. The molecule has 0 bridgehead atoms. The highest BCUT2D eigenvalue weighted by atomic mass is 32.2. The molecule has 0 saturated heterocycles. The Morgan fingerprint density at radius 3 is 1.98 bits per heavy atom. The fourth-order valence-corrected chi connectivity index (χ4v) is 6.73. The molecular weight excluding hydrogens is 582 g/mol. The average molecular weight is 626 g/mol. The smallest absolute Gasteiger partial charge is 0.264 e. The molecule has 2 atom stereocenters. The lowest BCUT2D eigenvalue weighted by Crippen LogP contribution is -2.54. The minimum absolute atomic E-state index is 0.0813. The molecule has 0 fully saturated rings. The molecular formula is C37H43N3O4S. The van der Waals surface area contributed by atoms with Gasteiger partial charge in [-0.15, -0.1) is 0 Å². The largest absolute Gasteiger partial charge is 0.352 e. The van der Waals surface area contributed by atoms with E-state index in [2.05, 4.69) is 5.32 Å². The second-order valence-corrected chi connectivity index (χ2v) is 13.5. The van der Waals surface area contributed by atoms with Gasteiger partial charge in [0.15, 0.2) is 0 Å². The molecule has 8 heteroatoms. The summed E-state index contributed by atoms with van der Waals surface area (Å²) in [6, 6.07) is 29.9. The molecule has 0 aliphatic rings. The molecule has 0 saturated carbocycles. The maximum absolute atomic E-state index is 14.6. The Morgan fingerprint density at radius 2 is 1.38 bits per heavy atom. The summed E-state index contributed by atoms with van der Waals surface area (Å²) in [6.07, 6.45) is 1.00. The van der Waals surface area contributed by atoms with Crippen molar-refractivity contribution in [1.82, 2.24) is 10.2 Å². The van der Waals surface area contributed by atoms with Gasteiger partial charge in [-0.25, -0.2) is 8.42 Å². The summed E-state index contributed by atoms with van der Waals surface area (Å²) in [6.45, 7) is 9.33.